The van der Waals surface area contributed by atoms with Crippen LogP contribution in [0.15, 0.2) is 0 Å². The first-order valence-corrected chi connectivity index (χ1v) is 2.29. The van der Waals surface area contributed by atoms with E-state index in [1.54, 1.807) is 5.92 Å². The number of halogens is 3. The number of hydrogen-bond donors (Lipinski definition) is 0. The van der Waals surface area contributed by atoms with E-state index in [0.717, 1.165) is 5.92 Å². The second-order valence-corrected chi connectivity index (χ2v) is 1.23. The molecule has 0 aromatic heterocycles. The average molecular weight is 139 g/mol. The fourth-order valence-electron chi connectivity index (χ4n) is 0.136. The lowest BCUT2D eigenvalue weighted by atomic mass is 10.6. The van der Waals surface area contributed by atoms with Crippen LogP contribution >= 0.6 is 12.6 Å². The molecule has 0 unspecified atom stereocenters. The standard InChI is InChI=1S/C4H2F3S/c5-4(6,7)2-1-3-8/h3H2. The van der Waals surface area contributed by atoms with Crippen molar-refractivity contribution in [3.63, 3.8) is 0 Å². The molecule has 0 aromatic rings. The van der Waals surface area contributed by atoms with E-state index in [2.05, 4.69) is 12.6 Å². The summed E-state index contributed by atoms with van der Waals surface area (Å²) in [5.74, 6) is 2.58. The largest absolute Gasteiger partial charge is 0.457 e. The molecule has 0 amide bonds. The summed E-state index contributed by atoms with van der Waals surface area (Å²) >= 11 is 4.15. The van der Waals surface area contributed by atoms with E-state index in [4.69, 9.17) is 0 Å². The van der Waals surface area contributed by atoms with Crippen molar-refractivity contribution in [3.8, 4) is 11.8 Å². The van der Waals surface area contributed by atoms with Crippen molar-refractivity contribution in [1.29, 1.82) is 0 Å². The molecule has 4 heteroatoms. The molecule has 0 saturated carbocycles. The van der Waals surface area contributed by atoms with Crippen LogP contribution < -0.4 is 0 Å². The van der Waals surface area contributed by atoms with Gasteiger partial charge in [0.2, 0.25) is 0 Å². The van der Waals surface area contributed by atoms with Crippen LogP contribution in [-0.2, 0) is 0 Å². The summed E-state index contributed by atoms with van der Waals surface area (Å²) in [5.41, 5.74) is 0. The van der Waals surface area contributed by atoms with Crippen molar-refractivity contribution in [2.75, 3.05) is 5.75 Å². The van der Waals surface area contributed by atoms with E-state index >= 15 is 0 Å². The lowest BCUT2D eigenvalue weighted by Gasteiger charge is -1.89. The first kappa shape index (κ1) is 7.70. The zero-order chi connectivity index (χ0) is 6.62. The molecule has 0 aliphatic heterocycles. The Balaban J connectivity index is 3.69. The molecule has 0 bridgehead atoms. The summed E-state index contributed by atoms with van der Waals surface area (Å²) in [7, 11) is 0. The minimum absolute atomic E-state index is 0.167. The van der Waals surface area contributed by atoms with Gasteiger partial charge in [-0.2, -0.15) is 13.2 Å². The molecule has 0 nitrogen and oxygen atoms in total. The zero-order valence-electron chi connectivity index (χ0n) is 3.75. The lowest BCUT2D eigenvalue weighted by molar-refractivity contribution is -0.0696. The van der Waals surface area contributed by atoms with Crippen LogP contribution in [0.5, 0.6) is 0 Å². The molecule has 0 N–H and O–H groups in total. The lowest BCUT2D eigenvalue weighted by Crippen LogP contribution is -2.01. The van der Waals surface area contributed by atoms with Crippen LogP contribution in [0, 0.1) is 11.8 Å². The van der Waals surface area contributed by atoms with Crippen molar-refractivity contribution >= 4 is 12.6 Å². The van der Waals surface area contributed by atoms with Crippen LogP contribution in [0.4, 0.5) is 13.2 Å². The van der Waals surface area contributed by atoms with Crippen molar-refractivity contribution < 1.29 is 13.2 Å². The van der Waals surface area contributed by atoms with Crippen LogP contribution in [-0.4, -0.2) is 11.9 Å². The third-order valence-electron chi connectivity index (χ3n) is 0.302. The highest BCUT2D eigenvalue weighted by molar-refractivity contribution is 7.80. The average Bonchev–Trinajstić information content (AvgIpc) is 1.59. The van der Waals surface area contributed by atoms with Crippen LogP contribution in [0.1, 0.15) is 0 Å². The maximum atomic E-state index is 11.0. The van der Waals surface area contributed by atoms with E-state index in [1.165, 1.54) is 0 Å². The van der Waals surface area contributed by atoms with Gasteiger partial charge in [0.15, 0.2) is 0 Å². The van der Waals surface area contributed by atoms with Crippen LogP contribution in [0.25, 0.3) is 0 Å². The normalized spacial score (nSPS) is 10.0. The molecule has 0 aromatic carbocycles. The Hall–Kier alpha value is -0.300. The first-order valence-electron chi connectivity index (χ1n) is 1.71. The number of hydrogen-bond acceptors (Lipinski definition) is 0. The smallest absolute Gasteiger partial charge is 0.159 e. The van der Waals surface area contributed by atoms with E-state index < -0.39 is 6.18 Å². The first-order chi connectivity index (χ1) is 3.56. The van der Waals surface area contributed by atoms with Gasteiger partial charge in [0.1, 0.15) is 0 Å². The van der Waals surface area contributed by atoms with Gasteiger partial charge in [0, 0.05) is 5.92 Å². The van der Waals surface area contributed by atoms with E-state index in [-0.39, 0.29) is 5.75 Å². The Morgan fingerprint density at radius 3 is 2.00 bits per heavy atom. The third kappa shape index (κ3) is 5.70. The zero-order valence-corrected chi connectivity index (χ0v) is 4.57. The Bertz CT molecular complexity index is 115. The van der Waals surface area contributed by atoms with Gasteiger partial charge >= 0.3 is 6.18 Å². The predicted octanol–water partition coefficient (Wildman–Crippen LogP) is 1.75. The molecule has 1 radical (unpaired) electrons. The summed E-state index contributed by atoms with van der Waals surface area (Å²) in [5, 5.41) is 0. The maximum Gasteiger partial charge on any atom is 0.457 e. The molecule has 0 atom stereocenters. The summed E-state index contributed by atoms with van der Waals surface area (Å²) in [6.07, 6.45) is -4.38. The second kappa shape index (κ2) is 2.88. The highest BCUT2D eigenvalue weighted by atomic mass is 32.1. The topological polar surface area (TPSA) is 0 Å². The van der Waals surface area contributed by atoms with Crippen LogP contribution in [0.2, 0.25) is 0 Å². The monoisotopic (exact) mass is 139 g/mol. The van der Waals surface area contributed by atoms with Gasteiger partial charge in [-0.05, 0) is 0 Å². The summed E-state index contributed by atoms with van der Waals surface area (Å²) in [4.78, 5) is 0. The van der Waals surface area contributed by atoms with E-state index in [1.807, 2.05) is 0 Å². The van der Waals surface area contributed by atoms with E-state index in [0.29, 0.717) is 0 Å². The molecule has 0 saturated heterocycles. The highest BCUT2D eigenvalue weighted by Gasteiger charge is 2.22. The molecule has 0 heterocycles. The summed E-state index contributed by atoms with van der Waals surface area (Å²) in [6, 6.07) is 0. The minimum atomic E-state index is -4.38. The number of rotatable bonds is 0. The predicted molar refractivity (Wildman–Crippen MR) is 26.3 cm³/mol. The quantitative estimate of drug-likeness (QED) is 0.448. The Kier molecular flexibility index (Phi) is 2.77. The SMILES string of the molecule is FC(F)(F)C#CC[S]. The van der Waals surface area contributed by atoms with Crippen molar-refractivity contribution in [1.82, 2.24) is 0 Å². The van der Waals surface area contributed by atoms with Crippen LogP contribution in [0.3, 0.4) is 0 Å². The third-order valence-corrected chi connectivity index (χ3v) is 0.447. The fraction of sp³-hybridized carbons (Fsp3) is 0.500. The molecule has 0 aliphatic carbocycles. The number of alkyl halides is 3. The van der Waals surface area contributed by atoms with Gasteiger partial charge in [-0.3, -0.25) is 0 Å². The molecule has 0 rings (SSSR count). The summed E-state index contributed by atoms with van der Waals surface area (Å²) in [6.45, 7) is 0. The Morgan fingerprint density at radius 1 is 1.38 bits per heavy atom. The Morgan fingerprint density at radius 2 is 1.88 bits per heavy atom. The molecular weight excluding hydrogens is 137 g/mol. The summed E-state index contributed by atoms with van der Waals surface area (Å²) < 4.78 is 33.1. The molecule has 0 spiro atoms. The van der Waals surface area contributed by atoms with Gasteiger partial charge in [-0.15, -0.1) is 0 Å². The molecular formula is C4H2F3S. The van der Waals surface area contributed by atoms with Gasteiger partial charge < -0.3 is 0 Å². The van der Waals surface area contributed by atoms with Crippen molar-refractivity contribution in [3.05, 3.63) is 0 Å². The Labute approximate surface area is 50.5 Å². The molecule has 0 aliphatic rings. The van der Waals surface area contributed by atoms with Gasteiger partial charge in [0.05, 0.1) is 5.75 Å². The minimum Gasteiger partial charge on any atom is -0.159 e. The maximum absolute atomic E-state index is 11.0. The fourth-order valence-corrected chi connectivity index (χ4v) is 0.208. The van der Waals surface area contributed by atoms with Gasteiger partial charge in [0.25, 0.3) is 0 Å². The van der Waals surface area contributed by atoms with E-state index in [9.17, 15) is 13.2 Å². The highest BCUT2D eigenvalue weighted by Crippen LogP contribution is 2.11. The molecule has 45 valence electrons. The van der Waals surface area contributed by atoms with Crippen molar-refractivity contribution in [2.24, 2.45) is 0 Å². The van der Waals surface area contributed by atoms with Gasteiger partial charge in [-0.25, -0.2) is 0 Å². The molecule has 8 heavy (non-hydrogen) atoms. The van der Waals surface area contributed by atoms with Crippen molar-refractivity contribution in [2.45, 2.75) is 6.18 Å². The second-order valence-electron chi connectivity index (χ2n) is 0.944. The van der Waals surface area contributed by atoms with Gasteiger partial charge in [-0.1, -0.05) is 18.5 Å². The molecule has 0 fully saturated rings.